The molecule has 31 heavy (non-hydrogen) atoms. The average Bonchev–Trinajstić information content (AvgIpc) is 3.06. The van der Waals surface area contributed by atoms with Crippen molar-refractivity contribution in [1.29, 1.82) is 0 Å². The molecular weight excluding hydrogens is 410 g/mol. The third kappa shape index (κ3) is 5.29. The molecule has 2 heterocycles. The minimum Gasteiger partial charge on any atom is -0.349 e. The number of likely N-dealkylation sites (tertiary alicyclic amines) is 1. The van der Waals surface area contributed by atoms with E-state index >= 15 is 0 Å². The SMILES string of the molecule is CCn1c(CN2CCCCCC2=O)nnc1SCC(=O)NC1CCCc2ccccc21. The molecule has 166 valence electrons. The number of amides is 2. The van der Waals surface area contributed by atoms with E-state index in [4.69, 9.17) is 0 Å². The molecule has 0 bridgehead atoms. The smallest absolute Gasteiger partial charge is 0.230 e. The van der Waals surface area contributed by atoms with E-state index in [1.165, 1.54) is 22.9 Å². The third-order valence-corrected chi connectivity index (χ3v) is 7.12. The van der Waals surface area contributed by atoms with Crippen LogP contribution in [-0.2, 0) is 29.1 Å². The van der Waals surface area contributed by atoms with E-state index in [-0.39, 0.29) is 17.9 Å². The quantitative estimate of drug-likeness (QED) is 0.666. The van der Waals surface area contributed by atoms with Crippen LogP contribution >= 0.6 is 11.8 Å². The summed E-state index contributed by atoms with van der Waals surface area (Å²) in [6.45, 7) is 4.03. The van der Waals surface area contributed by atoms with E-state index in [2.05, 4.69) is 33.7 Å². The lowest BCUT2D eigenvalue weighted by molar-refractivity contribution is -0.131. The van der Waals surface area contributed by atoms with Crippen LogP contribution in [0.4, 0.5) is 0 Å². The zero-order valence-corrected chi connectivity index (χ0v) is 19.0. The zero-order chi connectivity index (χ0) is 21.6. The second kappa shape index (κ2) is 10.3. The molecule has 4 rings (SSSR count). The Morgan fingerprint density at radius 2 is 2.03 bits per heavy atom. The highest BCUT2D eigenvalue weighted by atomic mass is 32.2. The standard InChI is InChI=1S/C23H31N5O2S/c1-2-28-20(15-27-14-7-3-4-13-22(27)30)25-26-23(28)31-16-21(29)24-19-12-8-10-17-9-5-6-11-18(17)19/h5-6,9,11,19H,2-4,7-8,10,12-16H2,1H3,(H,24,29). The number of aryl methyl sites for hydroxylation is 1. The first-order valence-corrected chi connectivity index (χ1v) is 12.3. The number of hydrogen-bond acceptors (Lipinski definition) is 5. The van der Waals surface area contributed by atoms with Crippen LogP contribution in [0.5, 0.6) is 0 Å². The molecule has 2 amide bonds. The maximum Gasteiger partial charge on any atom is 0.230 e. The topological polar surface area (TPSA) is 80.1 Å². The Morgan fingerprint density at radius 3 is 2.90 bits per heavy atom. The predicted molar refractivity (Wildman–Crippen MR) is 121 cm³/mol. The summed E-state index contributed by atoms with van der Waals surface area (Å²) in [6, 6.07) is 8.47. The number of aromatic nitrogens is 3. The third-order valence-electron chi connectivity index (χ3n) is 6.15. The first-order chi connectivity index (χ1) is 15.2. The number of fused-ring (bicyclic) bond motifs is 1. The predicted octanol–water partition coefficient (Wildman–Crippen LogP) is 3.49. The van der Waals surface area contributed by atoms with Crippen molar-refractivity contribution in [1.82, 2.24) is 25.0 Å². The van der Waals surface area contributed by atoms with Crippen LogP contribution in [0.3, 0.4) is 0 Å². The second-order valence-electron chi connectivity index (χ2n) is 8.27. The van der Waals surface area contributed by atoms with Gasteiger partial charge in [-0.3, -0.25) is 9.59 Å². The number of nitrogens with zero attached hydrogens (tertiary/aromatic N) is 4. The van der Waals surface area contributed by atoms with E-state index in [1.807, 2.05) is 22.5 Å². The molecule has 0 spiro atoms. The van der Waals surface area contributed by atoms with Crippen molar-refractivity contribution < 1.29 is 9.59 Å². The molecule has 2 aromatic rings. The minimum absolute atomic E-state index is 0.0154. The molecule has 0 radical (unpaired) electrons. The van der Waals surface area contributed by atoms with Crippen LogP contribution in [0.2, 0.25) is 0 Å². The van der Waals surface area contributed by atoms with Crippen LogP contribution in [0, 0.1) is 0 Å². The van der Waals surface area contributed by atoms with Gasteiger partial charge < -0.3 is 14.8 Å². The van der Waals surface area contributed by atoms with Gasteiger partial charge in [0.1, 0.15) is 0 Å². The summed E-state index contributed by atoms with van der Waals surface area (Å²) >= 11 is 1.41. The molecule has 1 unspecified atom stereocenters. The lowest BCUT2D eigenvalue weighted by atomic mass is 9.88. The summed E-state index contributed by atoms with van der Waals surface area (Å²) in [6.07, 6.45) is 6.88. The van der Waals surface area contributed by atoms with Crippen LogP contribution in [-0.4, -0.2) is 43.8 Å². The van der Waals surface area contributed by atoms with Crippen LogP contribution in [0.15, 0.2) is 29.4 Å². The fraction of sp³-hybridized carbons (Fsp3) is 0.565. The van der Waals surface area contributed by atoms with Gasteiger partial charge in [-0.2, -0.15) is 0 Å². The highest BCUT2D eigenvalue weighted by Crippen LogP contribution is 2.29. The summed E-state index contributed by atoms with van der Waals surface area (Å²) in [5, 5.41) is 12.6. The summed E-state index contributed by atoms with van der Waals surface area (Å²) < 4.78 is 2.02. The average molecular weight is 442 g/mol. The highest BCUT2D eigenvalue weighted by Gasteiger charge is 2.23. The molecule has 1 aliphatic carbocycles. The first kappa shape index (κ1) is 21.9. The van der Waals surface area contributed by atoms with Gasteiger partial charge >= 0.3 is 0 Å². The number of carbonyl (C=O) groups excluding carboxylic acids is 2. The number of carbonyl (C=O) groups is 2. The van der Waals surface area contributed by atoms with Crippen molar-refractivity contribution in [2.45, 2.75) is 76.2 Å². The van der Waals surface area contributed by atoms with Gasteiger partial charge in [-0.15, -0.1) is 10.2 Å². The molecule has 1 atom stereocenters. The Balaban J connectivity index is 1.35. The molecule has 1 N–H and O–H groups in total. The summed E-state index contributed by atoms with van der Waals surface area (Å²) in [5.41, 5.74) is 2.58. The number of rotatable bonds is 7. The molecule has 8 heteroatoms. The van der Waals surface area contributed by atoms with E-state index in [0.717, 1.165) is 56.1 Å². The van der Waals surface area contributed by atoms with E-state index < -0.39 is 0 Å². The summed E-state index contributed by atoms with van der Waals surface area (Å²) in [7, 11) is 0. The molecule has 1 aliphatic heterocycles. The van der Waals surface area contributed by atoms with Crippen LogP contribution < -0.4 is 5.32 Å². The van der Waals surface area contributed by atoms with Crippen molar-refractivity contribution in [3.05, 3.63) is 41.2 Å². The fourth-order valence-electron chi connectivity index (χ4n) is 4.51. The van der Waals surface area contributed by atoms with Gasteiger partial charge in [-0.25, -0.2) is 0 Å². The number of benzene rings is 1. The van der Waals surface area contributed by atoms with Gasteiger partial charge in [0.2, 0.25) is 11.8 Å². The number of thioether (sulfide) groups is 1. The normalized spacial score (nSPS) is 19.1. The van der Waals surface area contributed by atoms with Crippen molar-refractivity contribution in [2.24, 2.45) is 0 Å². The lowest BCUT2D eigenvalue weighted by Crippen LogP contribution is -2.32. The van der Waals surface area contributed by atoms with Gasteiger partial charge in [0.25, 0.3) is 0 Å². The minimum atomic E-state index is 0.0154. The molecular formula is C23H31N5O2S. The Morgan fingerprint density at radius 1 is 1.16 bits per heavy atom. The monoisotopic (exact) mass is 441 g/mol. The second-order valence-corrected chi connectivity index (χ2v) is 9.21. The van der Waals surface area contributed by atoms with Gasteiger partial charge in [-0.1, -0.05) is 42.4 Å². The molecule has 7 nitrogen and oxygen atoms in total. The van der Waals surface area contributed by atoms with Crippen molar-refractivity contribution >= 4 is 23.6 Å². The Bertz CT molecular complexity index is 928. The number of hydrogen-bond donors (Lipinski definition) is 1. The lowest BCUT2D eigenvalue weighted by Gasteiger charge is -2.26. The highest BCUT2D eigenvalue weighted by molar-refractivity contribution is 7.99. The van der Waals surface area contributed by atoms with Gasteiger partial charge in [0.15, 0.2) is 11.0 Å². The van der Waals surface area contributed by atoms with Crippen molar-refractivity contribution in [3.8, 4) is 0 Å². The molecule has 1 aromatic carbocycles. The maximum atomic E-state index is 12.7. The van der Waals surface area contributed by atoms with Gasteiger partial charge in [0, 0.05) is 19.5 Å². The number of nitrogens with one attached hydrogen (secondary N) is 1. The largest absolute Gasteiger partial charge is 0.349 e. The molecule has 1 fully saturated rings. The van der Waals surface area contributed by atoms with E-state index in [9.17, 15) is 9.59 Å². The summed E-state index contributed by atoms with van der Waals surface area (Å²) in [5.74, 6) is 1.31. The molecule has 2 aliphatic rings. The molecule has 1 aromatic heterocycles. The van der Waals surface area contributed by atoms with Crippen molar-refractivity contribution in [3.63, 3.8) is 0 Å². The molecule has 0 saturated carbocycles. The Labute approximate surface area is 188 Å². The van der Waals surface area contributed by atoms with Gasteiger partial charge in [-0.05, 0) is 50.2 Å². The van der Waals surface area contributed by atoms with Crippen molar-refractivity contribution in [2.75, 3.05) is 12.3 Å². The molecule has 1 saturated heterocycles. The van der Waals surface area contributed by atoms with Crippen LogP contribution in [0.25, 0.3) is 0 Å². The van der Waals surface area contributed by atoms with Crippen LogP contribution in [0.1, 0.15) is 68.4 Å². The Hall–Kier alpha value is -2.35. The zero-order valence-electron chi connectivity index (χ0n) is 18.2. The van der Waals surface area contributed by atoms with E-state index in [0.29, 0.717) is 25.3 Å². The maximum absolute atomic E-state index is 12.7. The summed E-state index contributed by atoms with van der Waals surface area (Å²) in [4.78, 5) is 26.9. The Kier molecular flexibility index (Phi) is 7.27. The van der Waals surface area contributed by atoms with E-state index in [1.54, 1.807) is 0 Å². The van der Waals surface area contributed by atoms with Gasteiger partial charge in [0.05, 0.1) is 18.3 Å². The first-order valence-electron chi connectivity index (χ1n) is 11.4. The fourth-order valence-corrected chi connectivity index (χ4v) is 5.34.